The normalized spacial score (nSPS) is 11.2. The van der Waals surface area contributed by atoms with Crippen LogP contribution in [0.1, 0.15) is 0 Å². The van der Waals surface area contributed by atoms with Crippen LogP contribution < -0.4 is 0 Å². The van der Waals surface area contributed by atoms with Gasteiger partial charge in [0.25, 0.3) is 0 Å². The van der Waals surface area contributed by atoms with Gasteiger partial charge in [-0.2, -0.15) is 0 Å². The average molecular weight is 637 g/mol. The van der Waals surface area contributed by atoms with Gasteiger partial charge in [-0.3, -0.25) is 0 Å². The molecular formula is C48H32N2. The van der Waals surface area contributed by atoms with Gasteiger partial charge in [-0.25, -0.2) is 9.97 Å². The van der Waals surface area contributed by atoms with Gasteiger partial charge in [-0.05, 0) is 80.2 Å². The zero-order chi connectivity index (χ0) is 33.3. The molecule has 0 saturated heterocycles. The van der Waals surface area contributed by atoms with Crippen LogP contribution in [-0.4, -0.2) is 9.97 Å². The quantitative estimate of drug-likeness (QED) is 0.170. The Kier molecular flexibility index (Phi) is 7.53. The second-order valence-electron chi connectivity index (χ2n) is 12.6. The summed E-state index contributed by atoms with van der Waals surface area (Å²) in [5.74, 6) is 0. The number of hydrogen-bond donors (Lipinski definition) is 0. The van der Waals surface area contributed by atoms with E-state index in [1.807, 2.05) is 12.1 Å². The van der Waals surface area contributed by atoms with Crippen molar-refractivity contribution in [2.24, 2.45) is 0 Å². The van der Waals surface area contributed by atoms with E-state index >= 15 is 0 Å². The lowest BCUT2D eigenvalue weighted by Gasteiger charge is -2.19. The van der Waals surface area contributed by atoms with Crippen LogP contribution in [0.3, 0.4) is 0 Å². The van der Waals surface area contributed by atoms with Gasteiger partial charge in [0, 0.05) is 22.3 Å². The van der Waals surface area contributed by atoms with Gasteiger partial charge in [-0.1, -0.05) is 158 Å². The molecule has 0 aliphatic heterocycles. The number of aromatic nitrogens is 2. The minimum atomic E-state index is 0.952. The van der Waals surface area contributed by atoms with Gasteiger partial charge in [0.1, 0.15) is 0 Å². The molecule has 0 saturated carbocycles. The van der Waals surface area contributed by atoms with Crippen LogP contribution in [0.2, 0.25) is 0 Å². The van der Waals surface area contributed by atoms with Crippen LogP contribution in [-0.2, 0) is 0 Å². The molecule has 2 nitrogen and oxygen atoms in total. The molecule has 9 aromatic rings. The lowest BCUT2D eigenvalue weighted by molar-refractivity contribution is 1.32. The highest BCUT2D eigenvalue weighted by atomic mass is 14.7. The van der Waals surface area contributed by atoms with E-state index < -0.39 is 0 Å². The zero-order valence-electron chi connectivity index (χ0n) is 27.4. The maximum Gasteiger partial charge on any atom is 0.0709 e. The van der Waals surface area contributed by atoms with E-state index in [1.165, 1.54) is 43.8 Å². The summed E-state index contributed by atoms with van der Waals surface area (Å²) >= 11 is 0. The fraction of sp³-hybridized carbons (Fsp3) is 0. The first-order chi connectivity index (χ1) is 24.8. The first-order valence-electron chi connectivity index (χ1n) is 17.0. The van der Waals surface area contributed by atoms with Gasteiger partial charge < -0.3 is 0 Å². The summed E-state index contributed by atoms with van der Waals surface area (Å²) in [4.78, 5) is 10.3. The van der Waals surface area contributed by atoms with E-state index in [2.05, 4.69) is 182 Å². The highest BCUT2D eigenvalue weighted by Gasteiger charge is 2.19. The van der Waals surface area contributed by atoms with Crippen LogP contribution in [0.15, 0.2) is 194 Å². The Morgan fingerprint density at radius 1 is 0.220 bits per heavy atom. The Morgan fingerprint density at radius 3 is 0.900 bits per heavy atom. The molecular weight excluding hydrogens is 605 g/mol. The largest absolute Gasteiger partial charge is 0.248 e. The fourth-order valence-electron chi connectivity index (χ4n) is 7.11. The molecule has 0 bridgehead atoms. The van der Waals surface area contributed by atoms with Crippen molar-refractivity contribution in [1.82, 2.24) is 9.97 Å². The first kappa shape index (κ1) is 29.5. The molecule has 0 spiro atoms. The van der Waals surface area contributed by atoms with E-state index in [0.717, 1.165) is 45.0 Å². The molecule has 2 aromatic heterocycles. The topological polar surface area (TPSA) is 25.8 Å². The Bertz CT molecular complexity index is 2430. The molecule has 2 heteroatoms. The highest BCUT2D eigenvalue weighted by molar-refractivity contribution is 6.22. The van der Waals surface area contributed by atoms with Crippen molar-refractivity contribution in [3.8, 4) is 67.3 Å². The number of fused-ring (bicyclic) bond motifs is 2. The van der Waals surface area contributed by atoms with Gasteiger partial charge in [-0.15, -0.1) is 0 Å². The Labute approximate surface area is 292 Å². The van der Waals surface area contributed by atoms with Crippen molar-refractivity contribution in [2.45, 2.75) is 0 Å². The number of pyridine rings is 2. The third-order valence-corrected chi connectivity index (χ3v) is 9.47. The first-order valence-corrected chi connectivity index (χ1v) is 17.0. The van der Waals surface area contributed by atoms with E-state index in [1.54, 1.807) is 0 Å². The number of hydrogen-bond acceptors (Lipinski definition) is 2. The zero-order valence-corrected chi connectivity index (χ0v) is 27.4. The molecule has 0 aliphatic carbocycles. The van der Waals surface area contributed by atoms with Crippen LogP contribution >= 0.6 is 0 Å². The third-order valence-electron chi connectivity index (χ3n) is 9.47. The molecule has 0 radical (unpaired) electrons. The molecule has 0 amide bonds. The van der Waals surface area contributed by atoms with Crippen molar-refractivity contribution in [3.05, 3.63) is 194 Å². The third kappa shape index (κ3) is 5.43. The second kappa shape index (κ2) is 12.8. The van der Waals surface area contributed by atoms with E-state index in [4.69, 9.17) is 9.97 Å². The fourth-order valence-corrected chi connectivity index (χ4v) is 7.11. The summed E-state index contributed by atoms with van der Waals surface area (Å²) in [5, 5.41) is 4.80. The smallest absolute Gasteiger partial charge is 0.0709 e. The predicted octanol–water partition coefficient (Wildman–Crippen LogP) is 12.8. The molecule has 2 heterocycles. The molecule has 7 aromatic carbocycles. The lowest BCUT2D eigenvalue weighted by Crippen LogP contribution is -1.94. The van der Waals surface area contributed by atoms with Crippen LogP contribution in [0.4, 0.5) is 0 Å². The SMILES string of the molecule is c1ccc(-c2cccc(-c3ccc4c(-c5ccccc5)c5cc(-c6cccc(-c7ccccc7)n6)ccc5c(-c5ccccc5)c4c3)n2)cc1. The van der Waals surface area contributed by atoms with Gasteiger partial charge >= 0.3 is 0 Å². The molecule has 9 rings (SSSR count). The monoisotopic (exact) mass is 636 g/mol. The Hall–Kier alpha value is -6.64. The summed E-state index contributed by atoms with van der Waals surface area (Å²) in [6.07, 6.45) is 0. The minimum absolute atomic E-state index is 0.952. The van der Waals surface area contributed by atoms with E-state index in [-0.39, 0.29) is 0 Å². The maximum atomic E-state index is 5.13. The second-order valence-corrected chi connectivity index (χ2v) is 12.6. The van der Waals surface area contributed by atoms with Crippen LogP contribution in [0.25, 0.3) is 88.8 Å². The maximum absolute atomic E-state index is 5.13. The summed E-state index contributed by atoms with van der Waals surface area (Å²) in [7, 11) is 0. The van der Waals surface area contributed by atoms with E-state index in [0.29, 0.717) is 0 Å². The number of benzene rings is 7. The van der Waals surface area contributed by atoms with Crippen molar-refractivity contribution in [2.75, 3.05) is 0 Å². The summed E-state index contributed by atoms with van der Waals surface area (Å²) < 4.78 is 0. The lowest BCUT2D eigenvalue weighted by atomic mass is 9.84. The summed E-state index contributed by atoms with van der Waals surface area (Å²) in [5.41, 5.74) is 13.0. The molecule has 0 N–H and O–H groups in total. The van der Waals surface area contributed by atoms with Crippen LogP contribution in [0.5, 0.6) is 0 Å². The Balaban J connectivity index is 1.31. The van der Waals surface area contributed by atoms with E-state index in [9.17, 15) is 0 Å². The van der Waals surface area contributed by atoms with Crippen molar-refractivity contribution < 1.29 is 0 Å². The van der Waals surface area contributed by atoms with Gasteiger partial charge in [0.15, 0.2) is 0 Å². The molecule has 0 aliphatic rings. The van der Waals surface area contributed by atoms with Gasteiger partial charge in [0.05, 0.1) is 22.8 Å². The molecule has 50 heavy (non-hydrogen) atoms. The summed E-state index contributed by atoms with van der Waals surface area (Å²) in [6, 6.07) is 68.6. The molecule has 0 atom stereocenters. The van der Waals surface area contributed by atoms with Gasteiger partial charge in [0.2, 0.25) is 0 Å². The highest BCUT2D eigenvalue weighted by Crippen LogP contribution is 2.45. The minimum Gasteiger partial charge on any atom is -0.248 e. The molecule has 0 fully saturated rings. The Morgan fingerprint density at radius 2 is 0.540 bits per heavy atom. The predicted molar refractivity (Wildman–Crippen MR) is 210 cm³/mol. The number of rotatable bonds is 6. The van der Waals surface area contributed by atoms with Crippen molar-refractivity contribution in [3.63, 3.8) is 0 Å². The standard InChI is InChI=1S/C48H32N2/c1-5-15-33(16-6-1)43-23-13-25-45(49-43)37-27-29-39-41(31-37)47(35-19-9-3-10-20-35)40-30-28-38(32-42(40)48(39)36-21-11-4-12-22-36)46-26-14-24-44(50-46)34-17-7-2-8-18-34/h1-32H. The van der Waals surface area contributed by atoms with Crippen LogP contribution in [0, 0.1) is 0 Å². The molecule has 0 unspecified atom stereocenters. The number of nitrogens with zero attached hydrogens (tertiary/aromatic N) is 2. The average Bonchev–Trinajstić information content (AvgIpc) is 3.21. The van der Waals surface area contributed by atoms with Crippen molar-refractivity contribution >= 4 is 21.5 Å². The van der Waals surface area contributed by atoms with Crippen molar-refractivity contribution in [1.29, 1.82) is 0 Å². The summed E-state index contributed by atoms with van der Waals surface area (Å²) in [6.45, 7) is 0. The molecule has 234 valence electrons.